The third-order valence-electron chi connectivity index (χ3n) is 5.89. The van der Waals surface area contributed by atoms with Crippen molar-refractivity contribution in [1.82, 2.24) is 4.90 Å². The molecule has 1 fully saturated rings. The van der Waals surface area contributed by atoms with Gasteiger partial charge in [0.15, 0.2) is 11.5 Å². The first-order chi connectivity index (χ1) is 16.0. The Morgan fingerprint density at radius 2 is 1.61 bits per heavy atom. The molecule has 2 aromatic rings. The fourth-order valence-electron chi connectivity index (χ4n) is 4.13. The number of nitrogens with one attached hydrogen (secondary N) is 1. The van der Waals surface area contributed by atoms with Crippen LogP contribution in [0.25, 0.3) is 0 Å². The van der Waals surface area contributed by atoms with Crippen LogP contribution in [0.4, 0.5) is 5.69 Å². The molecule has 2 aromatic carbocycles. The van der Waals surface area contributed by atoms with E-state index in [9.17, 15) is 9.59 Å². The Bertz CT molecular complexity index is 1000. The SMILES string of the molecule is CCOc1cc(C(=O)Nc2ccc3c(c2)CN(C(=O)C2CC2)CC3)cc(OCC)c1OCC. The highest BCUT2D eigenvalue weighted by Crippen LogP contribution is 2.39. The van der Waals surface area contributed by atoms with Crippen LogP contribution < -0.4 is 19.5 Å². The molecule has 0 aromatic heterocycles. The van der Waals surface area contributed by atoms with Crippen molar-refractivity contribution < 1.29 is 23.8 Å². The van der Waals surface area contributed by atoms with Crippen molar-refractivity contribution in [3.8, 4) is 17.2 Å². The summed E-state index contributed by atoms with van der Waals surface area (Å²) in [6.45, 7) is 8.36. The Balaban J connectivity index is 1.54. The summed E-state index contributed by atoms with van der Waals surface area (Å²) in [4.78, 5) is 27.5. The normalized spacial score (nSPS) is 14.9. The monoisotopic (exact) mass is 452 g/mol. The minimum Gasteiger partial charge on any atom is -0.490 e. The van der Waals surface area contributed by atoms with E-state index in [4.69, 9.17) is 14.2 Å². The van der Waals surface area contributed by atoms with E-state index in [1.165, 1.54) is 5.56 Å². The number of nitrogens with zero attached hydrogens (tertiary/aromatic N) is 1. The summed E-state index contributed by atoms with van der Waals surface area (Å²) in [5.41, 5.74) is 3.44. The highest BCUT2D eigenvalue weighted by atomic mass is 16.5. The molecule has 0 saturated heterocycles. The zero-order chi connectivity index (χ0) is 23.4. The third-order valence-corrected chi connectivity index (χ3v) is 5.89. The molecule has 4 rings (SSSR count). The average molecular weight is 453 g/mol. The molecule has 0 spiro atoms. The summed E-state index contributed by atoms with van der Waals surface area (Å²) in [5.74, 6) is 1.68. The van der Waals surface area contributed by atoms with Crippen LogP contribution in [-0.2, 0) is 17.8 Å². The van der Waals surface area contributed by atoms with E-state index in [0.29, 0.717) is 54.9 Å². The first-order valence-corrected chi connectivity index (χ1v) is 11.8. The van der Waals surface area contributed by atoms with Gasteiger partial charge in [0.05, 0.1) is 19.8 Å². The van der Waals surface area contributed by atoms with Gasteiger partial charge in [0.25, 0.3) is 5.91 Å². The molecule has 1 saturated carbocycles. The van der Waals surface area contributed by atoms with Gasteiger partial charge >= 0.3 is 0 Å². The summed E-state index contributed by atoms with van der Waals surface area (Å²) >= 11 is 0. The van der Waals surface area contributed by atoms with Gasteiger partial charge in [-0.15, -0.1) is 0 Å². The van der Waals surface area contributed by atoms with Crippen LogP contribution in [0.1, 0.15) is 55.1 Å². The van der Waals surface area contributed by atoms with Crippen molar-refractivity contribution >= 4 is 17.5 Å². The Morgan fingerprint density at radius 1 is 0.939 bits per heavy atom. The number of anilines is 1. The maximum Gasteiger partial charge on any atom is 0.255 e. The van der Waals surface area contributed by atoms with Gasteiger partial charge in [-0.05, 0) is 75.4 Å². The van der Waals surface area contributed by atoms with Crippen molar-refractivity contribution in [2.24, 2.45) is 5.92 Å². The van der Waals surface area contributed by atoms with E-state index in [1.54, 1.807) is 12.1 Å². The Hall–Kier alpha value is -3.22. The summed E-state index contributed by atoms with van der Waals surface area (Å²) in [6, 6.07) is 9.29. The second-order valence-electron chi connectivity index (χ2n) is 8.32. The van der Waals surface area contributed by atoms with Crippen LogP contribution in [0.5, 0.6) is 17.2 Å². The Labute approximate surface area is 195 Å². The van der Waals surface area contributed by atoms with Crippen LogP contribution in [0, 0.1) is 5.92 Å². The van der Waals surface area contributed by atoms with E-state index in [0.717, 1.165) is 31.4 Å². The molecule has 176 valence electrons. The van der Waals surface area contributed by atoms with Crippen molar-refractivity contribution in [2.45, 2.75) is 46.6 Å². The number of benzene rings is 2. The lowest BCUT2D eigenvalue weighted by atomic mass is 9.98. The summed E-state index contributed by atoms with van der Waals surface area (Å²) < 4.78 is 17.2. The molecular formula is C26H32N2O5. The van der Waals surface area contributed by atoms with Gasteiger partial charge in [0.1, 0.15) is 0 Å². The fourth-order valence-corrected chi connectivity index (χ4v) is 4.13. The van der Waals surface area contributed by atoms with Gasteiger partial charge in [-0.25, -0.2) is 0 Å². The van der Waals surface area contributed by atoms with Crippen molar-refractivity contribution in [2.75, 3.05) is 31.7 Å². The van der Waals surface area contributed by atoms with E-state index in [1.807, 2.05) is 43.9 Å². The lowest BCUT2D eigenvalue weighted by Crippen LogP contribution is -2.36. The van der Waals surface area contributed by atoms with Crippen LogP contribution >= 0.6 is 0 Å². The predicted octanol–water partition coefficient (Wildman–Crippen LogP) is 4.43. The minimum absolute atomic E-state index is 0.216. The number of hydrogen-bond acceptors (Lipinski definition) is 5. The van der Waals surface area contributed by atoms with Gasteiger partial charge in [-0.1, -0.05) is 6.07 Å². The molecule has 0 radical (unpaired) electrons. The Kier molecular flexibility index (Phi) is 7.06. The van der Waals surface area contributed by atoms with Gasteiger partial charge in [-0.3, -0.25) is 9.59 Å². The molecule has 0 unspecified atom stereocenters. The summed E-state index contributed by atoms with van der Waals surface area (Å²) in [5, 5.41) is 2.98. The number of carbonyl (C=O) groups is 2. The molecule has 7 nitrogen and oxygen atoms in total. The van der Waals surface area contributed by atoms with Gasteiger partial charge in [0, 0.05) is 30.3 Å². The fraction of sp³-hybridized carbons (Fsp3) is 0.462. The second-order valence-corrected chi connectivity index (χ2v) is 8.32. The molecule has 33 heavy (non-hydrogen) atoms. The third kappa shape index (κ3) is 5.24. The number of ether oxygens (including phenoxy) is 3. The number of amides is 2. The number of rotatable bonds is 9. The first-order valence-electron chi connectivity index (χ1n) is 11.8. The smallest absolute Gasteiger partial charge is 0.255 e. The molecule has 1 aliphatic heterocycles. The highest BCUT2D eigenvalue weighted by molar-refractivity contribution is 6.05. The quantitative estimate of drug-likeness (QED) is 0.609. The van der Waals surface area contributed by atoms with Crippen LogP contribution in [-0.4, -0.2) is 43.1 Å². The molecule has 7 heteroatoms. The first kappa shape index (κ1) is 23.0. The average Bonchev–Trinajstić information content (AvgIpc) is 3.66. The lowest BCUT2D eigenvalue weighted by Gasteiger charge is -2.29. The molecular weight excluding hydrogens is 420 g/mol. The molecule has 1 heterocycles. The van der Waals surface area contributed by atoms with E-state index < -0.39 is 0 Å². The van der Waals surface area contributed by atoms with Crippen molar-refractivity contribution in [3.05, 3.63) is 47.0 Å². The predicted molar refractivity (Wildman–Crippen MR) is 126 cm³/mol. The molecule has 1 N–H and O–H groups in total. The van der Waals surface area contributed by atoms with Crippen molar-refractivity contribution in [1.29, 1.82) is 0 Å². The maximum atomic E-state index is 13.1. The van der Waals surface area contributed by atoms with Crippen LogP contribution in [0.2, 0.25) is 0 Å². The zero-order valence-electron chi connectivity index (χ0n) is 19.6. The largest absolute Gasteiger partial charge is 0.490 e. The van der Waals surface area contributed by atoms with Gasteiger partial charge in [-0.2, -0.15) is 0 Å². The second kappa shape index (κ2) is 10.1. The molecule has 2 aliphatic rings. The Morgan fingerprint density at radius 3 is 2.21 bits per heavy atom. The number of carbonyl (C=O) groups excluding carboxylic acids is 2. The maximum absolute atomic E-state index is 13.1. The van der Waals surface area contributed by atoms with Gasteiger partial charge < -0.3 is 24.4 Å². The number of hydrogen-bond donors (Lipinski definition) is 1. The minimum atomic E-state index is -0.262. The standard InChI is InChI=1S/C26H32N2O5/c1-4-31-22-14-19(15-23(32-5-2)24(22)33-6-3)25(29)27-21-10-9-17-11-12-28(16-20(17)13-21)26(30)18-7-8-18/h9-10,13-15,18H,4-8,11-12,16H2,1-3H3,(H,27,29). The summed E-state index contributed by atoms with van der Waals surface area (Å²) in [7, 11) is 0. The molecule has 2 amide bonds. The summed E-state index contributed by atoms with van der Waals surface area (Å²) in [6.07, 6.45) is 2.86. The lowest BCUT2D eigenvalue weighted by molar-refractivity contribution is -0.133. The van der Waals surface area contributed by atoms with E-state index >= 15 is 0 Å². The molecule has 1 aliphatic carbocycles. The van der Waals surface area contributed by atoms with Gasteiger partial charge in [0.2, 0.25) is 11.7 Å². The van der Waals surface area contributed by atoms with Crippen molar-refractivity contribution in [3.63, 3.8) is 0 Å². The molecule has 0 bridgehead atoms. The topological polar surface area (TPSA) is 77.1 Å². The zero-order valence-corrected chi connectivity index (χ0v) is 19.6. The van der Waals surface area contributed by atoms with Crippen LogP contribution in [0.15, 0.2) is 30.3 Å². The highest BCUT2D eigenvalue weighted by Gasteiger charge is 2.34. The van der Waals surface area contributed by atoms with E-state index in [-0.39, 0.29) is 17.7 Å². The molecule has 0 atom stereocenters. The van der Waals surface area contributed by atoms with Crippen LogP contribution in [0.3, 0.4) is 0 Å². The van der Waals surface area contributed by atoms with E-state index in [2.05, 4.69) is 5.32 Å². The number of fused-ring (bicyclic) bond motifs is 1.